The Balaban J connectivity index is 1.51. The van der Waals surface area contributed by atoms with Crippen LogP contribution in [-0.4, -0.2) is 10.6 Å². The number of hydrogen-bond acceptors (Lipinski definition) is 1. The second-order valence-electron chi connectivity index (χ2n) is 5.91. The topological polar surface area (TPSA) is 17.0 Å². The highest BCUT2D eigenvalue weighted by Crippen LogP contribution is 2.25. The fourth-order valence-corrected chi connectivity index (χ4v) is 3.35. The van der Waals surface area contributed by atoms with Gasteiger partial charge in [0.15, 0.2) is 0 Å². The molecule has 1 aliphatic rings. The molecule has 2 heterocycles. The summed E-state index contributed by atoms with van der Waals surface area (Å²) < 4.78 is 2.49. The Morgan fingerprint density at radius 3 is 2.71 bits per heavy atom. The highest BCUT2D eigenvalue weighted by molar-refractivity contribution is 5.81. The van der Waals surface area contributed by atoms with Crippen LogP contribution in [0, 0.1) is 0 Å². The van der Waals surface area contributed by atoms with E-state index >= 15 is 0 Å². The van der Waals surface area contributed by atoms with Gasteiger partial charge >= 0.3 is 0 Å². The Morgan fingerprint density at radius 1 is 1.00 bits per heavy atom. The molecular weight excluding hydrogens is 256 g/mol. The second-order valence-corrected chi connectivity index (χ2v) is 5.91. The van der Waals surface area contributed by atoms with Crippen LogP contribution in [0.25, 0.3) is 10.9 Å². The van der Waals surface area contributed by atoms with Gasteiger partial charge in [0, 0.05) is 30.3 Å². The van der Waals surface area contributed by atoms with E-state index in [9.17, 15) is 0 Å². The van der Waals surface area contributed by atoms with Crippen LogP contribution in [0.1, 0.15) is 17.7 Å². The molecule has 2 heteroatoms. The zero-order valence-electron chi connectivity index (χ0n) is 12.1. The zero-order valence-corrected chi connectivity index (χ0v) is 12.1. The normalized spacial score (nSPS) is 17.8. The van der Waals surface area contributed by atoms with Gasteiger partial charge in [-0.05, 0) is 35.9 Å². The van der Waals surface area contributed by atoms with E-state index in [-0.39, 0.29) is 0 Å². The predicted molar refractivity (Wildman–Crippen MR) is 87.3 cm³/mol. The Labute approximate surface area is 125 Å². The number of nitrogens with one attached hydrogen (secondary N) is 1. The van der Waals surface area contributed by atoms with E-state index in [1.807, 2.05) is 0 Å². The summed E-state index contributed by atoms with van der Waals surface area (Å²) in [5, 5.41) is 5.08. The molecule has 4 rings (SSSR count). The van der Waals surface area contributed by atoms with Crippen LogP contribution in [0.3, 0.4) is 0 Å². The quantitative estimate of drug-likeness (QED) is 0.771. The van der Waals surface area contributed by atoms with E-state index in [2.05, 4.69) is 70.5 Å². The molecule has 0 saturated carbocycles. The molecule has 3 aromatic rings. The maximum absolute atomic E-state index is 3.71. The second kappa shape index (κ2) is 5.38. The number of aromatic nitrogens is 1. The summed E-state index contributed by atoms with van der Waals surface area (Å²) in [6.07, 6.45) is 2.39. The smallest absolute Gasteiger partial charge is 0.0483 e. The first kappa shape index (κ1) is 12.7. The van der Waals surface area contributed by atoms with Gasteiger partial charge in [-0.2, -0.15) is 0 Å². The van der Waals surface area contributed by atoms with Gasteiger partial charge in [0.25, 0.3) is 0 Å². The minimum Gasteiger partial charge on any atom is -0.343 e. The summed E-state index contributed by atoms with van der Waals surface area (Å²) in [5.74, 6) is 0. The van der Waals surface area contributed by atoms with Crippen molar-refractivity contribution in [1.29, 1.82) is 0 Å². The lowest BCUT2D eigenvalue weighted by Gasteiger charge is -2.26. The number of hydrogen-bond donors (Lipinski definition) is 1. The first-order chi connectivity index (χ1) is 10.4. The van der Waals surface area contributed by atoms with Crippen molar-refractivity contribution in [2.75, 3.05) is 0 Å². The Hall–Kier alpha value is -2.06. The molecule has 1 N–H and O–H groups in total. The Morgan fingerprint density at radius 2 is 1.81 bits per heavy atom. The summed E-state index contributed by atoms with van der Waals surface area (Å²) >= 11 is 0. The molecule has 21 heavy (non-hydrogen) atoms. The third-order valence-corrected chi connectivity index (χ3v) is 4.49. The summed E-state index contributed by atoms with van der Waals surface area (Å²) in [7, 11) is 0. The van der Waals surface area contributed by atoms with Crippen LogP contribution in [0.5, 0.6) is 0 Å². The fourth-order valence-electron chi connectivity index (χ4n) is 3.35. The van der Waals surface area contributed by atoms with E-state index in [1.165, 1.54) is 35.0 Å². The Kier molecular flexibility index (Phi) is 3.24. The zero-order chi connectivity index (χ0) is 14.1. The highest BCUT2D eigenvalue weighted by atomic mass is 15.1. The van der Waals surface area contributed by atoms with Gasteiger partial charge in [0.05, 0.1) is 0 Å². The van der Waals surface area contributed by atoms with E-state index in [0.29, 0.717) is 6.04 Å². The summed E-state index contributed by atoms with van der Waals surface area (Å²) in [4.78, 5) is 0. The van der Waals surface area contributed by atoms with Crippen LogP contribution < -0.4 is 5.32 Å². The van der Waals surface area contributed by atoms with Crippen LogP contribution in [0.4, 0.5) is 0 Å². The van der Waals surface area contributed by atoms with Crippen molar-refractivity contribution < 1.29 is 0 Å². The average molecular weight is 276 g/mol. The lowest BCUT2D eigenvalue weighted by molar-refractivity contribution is 0.389. The van der Waals surface area contributed by atoms with Crippen molar-refractivity contribution in [2.45, 2.75) is 32.0 Å². The lowest BCUT2D eigenvalue weighted by Crippen LogP contribution is -2.36. The van der Waals surface area contributed by atoms with Crippen molar-refractivity contribution in [3.63, 3.8) is 0 Å². The minimum absolute atomic E-state index is 0.563. The van der Waals surface area contributed by atoms with E-state index in [4.69, 9.17) is 0 Å². The van der Waals surface area contributed by atoms with E-state index in [1.54, 1.807) is 0 Å². The number of rotatable bonds is 3. The predicted octanol–water partition coefficient (Wildman–Crippen LogP) is 3.75. The maximum atomic E-state index is 3.71. The summed E-state index contributed by atoms with van der Waals surface area (Å²) in [6, 6.07) is 22.3. The molecule has 2 aromatic carbocycles. The van der Waals surface area contributed by atoms with E-state index in [0.717, 1.165) is 13.1 Å². The lowest BCUT2D eigenvalue weighted by atomic mass is 10.0. The molecule has 0 saturated heterocycles. The standard InChI is InChI=1S/C19H20N2/c1-2-6-15(7-3-1)13-20-17-10-11-18-12-16-8-4-5-9-19(16)21(18)14-17/h1-9,12,17,20H,10-11,13-14H2/t17-/m1/s1. The SMILES string of the molecule is c1ccc(CN[C@@H]2CCc3cc4ccccc4n3C2)cc1. The van der Waals surface area contributed by atoms with Crippen molar-refractivity contribution in [3.05, 3.63) is 71.9 Å². The van der Waals surface area contributed by atoms with Crippen LogP contribution in [0.15, 0.2) is 60.7 Å². The third kappa shape index (κ3) is 2.47. The van der Waals surface area contributed by atoms with Gasteiger partial charge in [0.1, 0.15) is 0 Å². The molecule has 2 nitrogen and oxygen atoms in total. The number of para-hydroxylation sites is 1. The molecule has 1 aromatic heterocycles. The van der Waals surface area contributed by atoms with Crippen LogP contribution in [0.2, 0.25) is 0 Å². The first-order valence-corrected chi connectivity index (χ1v) is 7.74. The van der Waals surface area contributed by atoms with Crippen molar-refractivity contribution >= 4 is 10.9 Å². The summed E-state index contributed by atoms with van der Waals surface area (Å²) in [5.41, 5.74) is 4.22. The molecule has 1 atom stereocenters. The molecule has 0 bridgehead atoms. The number of nitrogens with zero attached hydrogens (tertiary/aromatic N) is 1. The molecule has 0 radical (unpaired) electrons. The van der Waals surface area contributed by atoms with Gasteiger partial charge in [-0.15, -0.1) is 0 Å². The number of fused-ring (bicyclic) bond motifs is 3. The van der Waals surface area contributed by atoms with Gasteiger partial charge < -0.3 is 9.88 Å². The van der Waals surface area contributed by atoms with Crippen LogP contribution in [-0.2, 0) is 19.5 Å². The third-order valence-electron chi connectivity index (χ3n) is 4.49. The molecule has 0 fully saturated rings. The first-order valence-electron chi connectivity index (χ1n) is 7.74. The molecule has 0 amide bonds. The summed E-state index contributed by atoms with van der Waals surface area (Å²) in [6.45, 7) is 2.04. The fraction of sp³-hybridized carbons (Fsp3) is 0.263. The van der Waals surface area contributed by atoms with Gasteiger partial charge in [-0.25, -0.2) is 0 Å². The van der Waals surface area contributed by atoms with Crippen LogP contribution >= 0.6 is 0 Å². The van der Waals surface area contributed by atoms with Crippen molar-refractivity contribution in [1.82, 2.24) is 9.88 Å². The number of aryl methyl sites for hydroxylation is 1. The minimum atomic E-state index is 0.563. The van der Waals surface area contributed by atoms with Crippen molar-refractivity contribution in [3.8, 4) is 0 Å². The monoisotopic (exact) mass is 276 g/mol. The molecule has 0 unspecified atom stereocenters. The van der Waals surface area contributed by atoms with Crippen molar-refractivity contribution in [2.24, 2.45) is 0 Å². The Bertz CT molecular complexity index is 743. The van der Waals surface area contributed by atoms with Gasteiger partial charge in [-0.3, -0.25) is 0 Å². The van der Waals surface area contributed by atoms with Gasteiger partial charge in [0.2, 0.25) is 0 Å². The average Bonchev–Trinajstić information content (AvgIpc) is 2.92. The highest BCUT2D eigenvalue weighted by Gasteiger charge is 2.19. The molecule has 0 aliphatic carbocycles. The maximum Gasteiger partial charge on any atom is 0.0483 e. The molecule has 0 spiro atoms. The molecule has 1 aliphatic heterocycles. The largest absolute Gasteiger partial charge is 0.343 e. The molecular formula is C19H20N2. The number of benzene rings is 2. The van der Waals surface area contributed by atoms with E-state index < -0.39 is 0 Å². The van der Waals surface area contributed by atoms with Gasteiger partial charge in [-0.1, -0.05) is 48.5 Å². The molecule has 106 valence electrons.